The van der Waals surface area contributed by atoms with Crippen molar-refractivity contribution in [2.45, 2.75) is 23.5 Å². The molecule has 0 saturated carbocycles. The Morgan fingerprint density at radius 2 is 1.24 bits per heavy atom. The maximum Gasteiger partial charge on any atom is 1.00 e. The van der Waals surface area contributed by atoms with E-state index in [0.29, 0.717) is 0 Å². The maximum absolute atomic E-state index is 12.2. The van der Waals surface area contributed by atoms with Gasteiger partial charge in [-0.1, -0.05) is 0 Å². The predicted octanol–water partition coefficient (Wildman–Crippen LogP) is -1.34. The van der Waals surface area contributed by atoms with Crippen LogP contribution < -0.4 is 29.6 Å². The molecule has 98 valence electrons. The summed E-state index contributed by atoms with van der Waals surface area (Å²) in [6, 6.07) is 0. The van der Waals surface area contributed by atoms with E-state index in [-0.39, 0.29) is 29.6 Å². The first-order chi connectivity index (χ1) is 6.65. The van der Waals surface area contributed by atoms with Crippen LogP contribution in [0.15, 0.2) is 0 Å². The minimum atomic E-state index is -6.98. The van der Waals surface area contributed by atoms with Crippen molar-refractivity contribution in [2.24, 2.45) is 0 Å². The summed E-state index contributed by atoms with van der Waals surface area (Å²) in [7, 11) is -6.65. The zero-order valence-corrected chi connectivity index (χ0v) is 10.6. The second kappa shape index (κ2) is 5.15. The maximum atomic E-state index is 12.2. The zero-order chi connectivity index (χ0) is 13.6. The molecule has 0 saturated heterocycles. The first-order valence-electron chi connectivity index (χ1n) is 3.07. The Morgan fingerprint density at radius 1 is 0.941 bits per heavy atom. The summed E-state index contributed by atoms with van der Waals surface area (Å²) in [6.07, 6.45) is -6.90. The van der Waals surface area contributed by atoms with E-state index in [1.165, 1.54) is 0 Å². The van der Waals surface area contributed by atoms with Crippen LogP contribution in [-0.4, -0.2) is 36.5 Å². The van der Waals surface area contributed by atoms with Crippen LogP contribution in [0.2, 0.25) is 0 Å². The molecule has 0 aliphatic heterocycles. The van der Waals surface area contributed by atoms with E-state index < -0.39 is 33.6 Å². The van der Waals surface area contributed by atoms with Crippen LogP contribution in [0.4, 0.5) is 35.1 Å². The molecule has 0 aliphatic rings. The molecule has 0 aliphatic carbocycles. The number of rotatable bonds is 3. The normalized spacial score (nSPS) is 16.3. The summed E-state index contributed by atoms with van der Waals surface area (Å²) in [4.78, 5) is 0. The Morgan fingerprint density at radius 3 is 1.41 bits per heavy atom. The van der Waals surface area contributed by atoms with Gasteiger partial charge in [-0.05, 0) is 0 Å². The molecule has 0 aromatic heterocycles. The largest absolute Gasteiger partial charge is 1.00 e. The minimum absolute atomic E-state index is 0. The molecular weight excluding hydrogens is 303 g/mol. The topological polar surface area (TPSA) is 57.2 Å². The summed E-state index contributed by atoms with van der Waals surface area (Å²) < 4.78 is 123. The molecule has 13 heteroatoms. The van der Waals surface area contributed by atoms with Gasteiger partial charge >= 0.3 is 47.6 Å². The molecule has 3 nitrogen and oxygen atoms in total. The Labute approximate surface area is 111 Å². The molecular formula is C4HF8NaO3S. The molecule has 0 aromatic carbocycles. The fraction of sp³-hybridized carbons (Fsp3) is 1.00. The van der Waals surface area contributed by atoms with Gasteiger partial charge in [0.05, 0.1) is 0 Å². The van der Waals surface area contributed by atoms with Gasteiger partial charge in [-0.15, -0.1) is 0 Å². The predicted molar refractivity (Wildman–Crippen MR) is 30.5 cm³/mol. The van der Waals surface area contributed by atoms with Crippen LogP contribution in [0.5, 0.6) is 0 Å². The van der Waals surface area contributed by atoms with Crippen LogP contribution in [-0.2, 0) is 10.1 Å². The van der Waals surface area contributed by atoms with E-state index in [1.54, 1.807) is 0 Å². The Balaban J connectivity index is 0. The van der Waals surface area contributed by atoms with Gasteiger partial charge in [0.2, 0.25) is 0 Å². The van der Waals surface area contributed by atoms with E-state index in [2.05, 4.69) is 0 Å². The molecule has 0 fully saturated rings. The molecule has 0 heterocycles. The van der Waals surface area contributed by atoms with Gasteiger partial charge in [-0.3, -0.25) is 0 Å². The van der Waals surface area contributed by atoms with Crippen LogP contribution >= 0.6 is 0 Å². The number of halogens is 8. The van der Waals surface area contributed by atoms with Crippen molar-refractivity contribution >= 4 is 10.1 Å². The van der Waals surface area contributed by atoms with Gasteiger partial charge in [0.25, 0.3) is 5.50 Å². The summed E-state index contributed by atoms with van der Waals surface area (Å²) in [5.41, 5.74) is -5.20. The average Bonchev–Trinajstić information content (AvgIpc) is 1.98. The van der Waals surface area contributed by atoms with Crippen molar-refractivity contribution in [3.63, 3.8) is 0 Å². The second-order valence-corrected chi connectivity index (χ2v) is 3.90. The summed E-state index contributed by atoms with van der Waals surface area (Å²) in [5.74, 6) is -13.7. The van der Waals surface area contributed by atoms with Crippen molar-refractivity contribution in [2.75, 3.05) is 0 Å². The third-order valence-electron chi connectivity index (χ3n) is 1.31. The van der Waals surface area contributed by atoms with Crippen LogP contribution in [0, 0.1) is 0 Å². The fourth-order valence-electron chi connectivity index (χ4n) is 0.513. The first kappa shape index (κ1) is 19.7. The number of hydrogen-bond donors (Lipinski definition) is 0. The van der Waals surface area contributed by atoms with Crippen molar-refractivity contribution in [3.05, 3.63) is 0 Å². The average molecular weight is 304 g/mol. The summed E-state index contributed by atoms with van der Waals surface area (Å²) in [6.45, 7) is 0. The molecule has 0 spiro atoms. The molecule has 1 atom stereocenters. The van der Waals surface area contributed by atoms with Crippen LogP contribution in [0.25, 0.3) is 0 Å². The Hall–Kier alpha value is 0.350. The van der Waals surface area contributed by atoms with E-state index in [0.717, 1.165) is 0 Å². The van der Waals surface area contributed by atoms with Gasteiger partial charge in [-0.25, -0.2) is 12.8 Å². The molecule has 0 N–H and O–H groups in total. The molecule has 0 radical (unpaired) electrons. The third kappa shape index (κ3) is 3.66. The summed E-state index contributed by atoms with van der Waals surface area (Å²) >= 11 is 0. The molecule has 1 unspecified atom stereocenters. The second-order valence-electron chi connectivity index (χ2n) is 2.50. The van der Waals surface area contributed by atoms with Gasteiger partial charge < -0.3 is 4.55 Å². The van der Waals surface area contributed by atoms with Crippen molar-refractivity contribution < 1.29 is 77.7 Å². The quantitative estimate of drug-likeness (QED) is 0.369. The van der Waals surface area contributed by atoms with E-state index in [9.17, 15) is 48.1 Å². The van der Waals surface area contributed by atoms with Crippen molar-refractivity contribution in [1.82, 2.24) is 0 Å². The third-order valence-corrected chi connectivity index (χ3v) is 2.12. The molecule has 0 bridgehead atoms. The Bertz CT molecular complexity index is 361. The molecule has 0 aromatic rings. The first-order valence-corrected chi connectivity index (χ1v) is 4.54. The number of alkyl halides is 8. The van der Waals surface area contributed by atoms with Gasteiger partial charge in [-0.2, -0.15) is 30.7 Å². The molecule has 17 heavy (non-hydrogen) atoms. The molecule has 0 rings (SSSR count). The van der Waals surface area contributed by atoms with E-state index >= 15 is 0 Å². The summed E-state index contributed by atoms with van der Waals surface area (Å²) in [5, 5.41) is 0. The fourth-order valence-corrected chi connectivity index (χ4v) is 1.02. The minimum Gasteiger partial charge on any atom is -0.746 e. The zero-order valence-electron chi connectivity index (χ0n) is 7.73. The Kier molecular flexibility index (Phi) is 5.96. The number of hydrogen-bond acceptors (Lipinski definition) is 3. The van der Waals surface area contributed by atoms with E-state index in [4.69, 9.17) is 0 Å². The van der Waals surface area contributed by atoms with Crippen molar-refractivity contribution in [3.8, 4) is 0 Å². The van der Waals surface area contributed by atoms with Crippen LogP contribution in [0.1, 0.15) is 0 Å². The standard InChI is InChI=1S/C4H2F8O3S.Na/c5-1(16(13,14)15)2(6,7)3(8,9)4(10,11)12;/h1H,(H,13,14,15);/q;+1/p-1. The van der Waals surface area contributed by atoms with Gasteiger partial charge in [0, 0.05) is 0 Å². The van der Waals surface area contributed by atoms with Crippen molar-refractivity contribution in [1.29, 1.82) is 0 Å². The van der Waals surface area contributed by atoms with Gasteiger partial charge in [0.15, 0.2) is 0 Å². The monoisotopic (exact) mass is 304 g/mol. The SMILES string of the molecule is O=S(=O)([O-])C(F)C(F)(F)C(F)(F)C(F)(F)F.[Na+]. The smallest absolute Gasteiger partial charge is 0.746 e. The molecule has 0 amide bonds. The van der Waals surface area contributed by atoms with Gasteiger partial charge in [0.1, 0.15) is 10.1 Å². The van der Waals surface area contributed by atoms with E-state index in [1.807, 2.05) is 0 Å². The van der Waals surface area contributed by atoms with Crippen LogP contribution in [0.3, 0.4) is 0 Å².